The number of nitrogens with one attached hydrogen (secondary N) is 1. The lowest BCUT2D eigenvalue weighted by Crippen LogP contribution is -2.01. The molecular weight excluding hydrogens is 284 g/mol. The van der Waals surface area contributed by atoms with Crippen LogP contribution in [0.4, 0.5) is 0 Å². The Morgan fingerprint density at radius 1 is 1.33 bits per heavy atom. The van der Waals surface area contributed by atoms with E-state index in [1.54, 1.807) is 23.9 Å². The van der Waals surface area contributed by atoms with Crippen molar-refractivity contribution in [1.82, 2.24) is 29.7 Å². The molecule has 0 saturated carbocycles. The Balaban J connectivity index is 1.73. The predicted octanol–water partition coefficient (Wildman–Crippen LogP) is 2.63. The van der Waals surface area contributed by atoms with E-state index in [1.807, 2.05) is 30.1 Å². The standard InChI is InChI=1S/C14H12N6S/c1-9-10(5-17-19-9)12-4-11-13(21-12)6-16-14(18-11)7-20-3-2-15-8-20/h2-6,8H,7H2,1H3,(H,17,19). The van der Waals surface area contributed by atoms with E-state index in [0.29, 0.717) is 6.54 Å². The Morgan fingerprint density at radius 3 is 3.05 bits per heavy atom. The van der Waals surface area contributed by atoms with Crippen molar-refractivity contribution >= 4 is 21.6 Å². The highest BCUT2D eigenvalue weighted by Gasteiger charge is 2.10. The van der Waals surface area contributed by atoms with Gasteiger partial charge < -0.3 is 4.57 Å². The smallest absolute Gasteiger partial charge is 0.148 e. The summed E-state index contributed by atoms with van der Waals surface area (Å²) in [6.07, 6.45) is 9.16. The number of imidazole rings is 1. The zero-order valence-corrected chi connectivity index (χ0v) is 12.1. The van der Waals surface area contributed by atoms with E-state index in [-0.39, 0.29) is 0 Å². The van der Waals surface area contributed by atoms with Crippen LogP contribution >= 0.6 is 11.3 Å². The molecule has 0 radical (unpaired) electrons. The van der Waals surface area contributed by atoms with Crippen LogP contribution in [0.25, 0.3) is 20.7 Å². The zero-order chi connectivity index (χ0) is 14.2. The van der Waals surface area contributed by atoms with Gasteiger partial charge in [0, 0.05) is 34.7 Å². The minimum absolute atomic E-state index is 0.631. The maximum atomic E-state index is 4.63. The van der Waals surface area contributed by atoms with Gasteiger partial charge in [0.2, 0.25) is 0 Å². The molecule has 7 heteroatoms. The summed E-state index contributed by atoms with van der Waals surface area (Å²) in [5.74, 6) is 0.786. The third kappa shape index (κ3) is 2.21. The van der Waals surface area contributed by atoms with Crippen LogP contribution in [0.15, 0.2) is 37.2 Å². The molecule has 4 heterocycles. The lowest BCUT2D eigenvalue weighted by molar-refractivity contribution is 0.748. The third-order valence-electron chi connectivity index (χ3n) is 3.30. The summed E-state index contributed by atoms with van der Waals surface area (Å²) >= 11 is 1.68. The summed E-state index contributed by atoms with van der Waals surface area (Å²) in [4.78, 5) is 14.2. The second kappa shape index (κ2) is 4.78. The number of hydrogen-bond donors (Lipinski definition) is 1. The predicted molar refractivity (Wildman–Crippen MR) is 81.1 cm³/mol. The van der Waals surface area contributed by atoms with Crippen molar-refractivity contribution in [3.05, 3.63) is 48.7 Å². The molecule has 0 aliphatic heterocycles. The van der Waals surface area contributed by atoms with E-state index < -0.39 is 0 Å². The van der Waals surface area contributed by atoms with Gasteiger partial charge in [0.05, 0.1) is 29.3 Å². The lowest BCUT2D eigenvalue weighted by atomic mass is 10.2. The summed E-state index contributed by atoms with van der Waals surface area (Å²) in [6.45, 7) is 2.65. The van der Waals surface area contributed by atoms with Crippen LogP contribution in [0.2, 0.25) is 0 Å². The molecule has 0 amide bonds. The Kier molecular flexibility index (Phi) is 2.78. The van der Waals surface area contributed by atoms with Crippen molar-refractivity contribution in [2.24, 2.45) is 0 Å². The van der Waals surface area contributed by atoms with Gasteiger partial charge in [-0.15, -0.1) is 11.3 Å². The first kappa shape index (κ1) is 12.2. The van der Waals surface area contributed by atoms with Crippen LogP contribution in [-0.4, -0.2) is 29.7 Å². The van der Waals surface area contributed by atoms with Crippen molar-refractivity contribution in [3.63, 3.8) is 0 Å². The van der Waals surface area contributed by atoms with Crippen molar-refractivity contribution in [3.8, 4) is 10.4 Å². The Hall–Kier alpha value is -2.54. The highest BCUT2D eigenvalue weighted by molar-refractivity contribution is 7.22. The number of aryl methyl sites for hydroxylation is 1. The van der Waals surface area contributed by atoms with Gasteiger partial charge >= 0.3 is 0 Å². The minimum Gasteiger partial charge on any atom is -0.330 e. The molecule has 0 saturated heterocycles. The third-order valence-corrected chi connectivity index (χ3v) is 4.39. The summed E-state index contributed by atoms with van der Waals surface area (Å²) in [5.41, 5.74) is 3.16. The van der Waals surface area contributed by atoms with Gasteiger partial charge in [-0.25, -0.2) is 15.0 Å². The topological polar surface area (TPSA) is 72.3 Å². The summed E-state index contributed by atoms with van der Waals surface area (Å²) < 4.78 is 3.04. The van der Waals surface area contributed by atoms with Crippen LogP contribution < -0.4 is 0 Å². The summed E-state index contributed by atoms with van der Waals surface area (Å²) in [6, 6.07) is 2.09. The lowest BCUT2D eigenvalue weighted by Gasteiger charge is -2.00. The number of thiophene rings is 1. The number of aromatic nitrogens is 6. The highest BCUT2D eigenvalue weighted by Crippen LogP contribution is 2.33. The molecule has 0 bridgehead atoms. The quantitative estimate of drug-likeness (QED) is 0.631. The molecule has 0 unspecified atom stereocenters. The molecule has 104 valence electrons. The maximum Gasteiger partial charge on any atom is 0.148 e. The zero-order valence-electron chi connectivity index (χ0n) is 11.3. The molecule has 0 atom stereocenters. The van der Waals surface area contributed by atoms with Crippen LogP contribution in [0.3, 0.4) is 0 Å². The maximum absolute atomic E-state index is 4.63. The Morgan fingerprint density at radius 2 is 2.29 bits per heavy atom. The van der Waals surface area contributed by atoms with Crippen molar-refractivity contribution < 1.29 is 0 Å². The highest BCUT2D eigenvalue weighted by atomic mass is 32.1. The first-order chi connectivity index (χ1) is 10.3. The van der Waals surface area contributed by atoms with E-state index >= 15 is 0 Å². The van der Waals surface area contributed by atoms with Crippen molar-refractivity contribution in [2.45, 2.75) is 13.5 Å². The van der Waals surface area contributed by atoms with Gasteiger partial charge in [0.25, 0.3) is 0 Å². The Bertz CT molecular complexity index is 889. The molecule has 6 nitrogen and oxygen atoms in total. The van der Waals surface area contributed by atoms with Crippen LogP contribution in [0, 0.1) is 6.92 Å². The SMILES string of the molecule is Cc1[nH]ncc1-c1cc2nc(Cn3ccnc3)ncc2s1. The second-order valence-corrected chi connectivity index (χ2v) is 5.87. The van der Waals surface area contributed by atoms with Gasteiger partial charge in [0.15, 0.2) is 0 Å². The number of H-pyrrole nitrogens is 1. The monoisotopic (exact) mass is 296 g/mol. The number of fused-ring (bicyclic) bond motifs is 1. The molecule has 0 aliphatic rings. The van der Waals surface area contributed by atoms with Crippen molar-refractivity contribution in [2.75, 3.05) is 0 Å². The van der Waals surface area contributed by atoms with Crippen molar-refractivity contribution in [1.29, 1.82) is 0 Å². The minimum atomic E-state index is 0.631. The van der Waals surface area contributed by atoms with Gasteiger partial charge in [-0.05, 0) is 13.0 Å². The normalized spacial score (nSPS) is 11.3. The molecular formula is C14H12N6S. The van der Waals surface area contributed by atoms with E-state index in [9.17, 15) is 0 Å². The fraction of sp³-hybridized carbons (Fsp3) is 0.143. The van der Waals surface area contributed by atoms with E-state index in [0.717, 1.165) is 32.2 Å². The summed E-state index contributed by atoms with van der Waals surface area (Å²) in [5, 5.41) is 7.03. The average Bonchev–Trinajstić information content (AvgIpc) is 3.18. The summed E-state index contributed by atoms with van der Waals surface area (Å²) in [7, 11) is 0. The molecule has 4 aromatic rings. The second-order valence-electron chi connectivity index (χ2n) is 4.79. The molecule has 0 fully saturated rings. The number of hydrogen-bond acceptors (Lipinski definition) is 5. The van der Waals surface area contributed by atoms with Crippen LogP contribution in [0.1, 0.15) is 11.5 Å². The fourth-order valence-electron chi connectivity index (χ4n) is 2.23. The first-order valence-electron chi connectivity index (χ1n) is 6.51. The van der Waals surface area contributed by atoms with Gasteiger partial charge in [-0.1, -0.05) is 0 Å². The van der Waals surface area contributed by atoms with Crippen LogP contribution in [0.5, 0.6) is 0 Å². The molecule has 0 aromatic carbocycles. The Labute approximate surface area is 124 Å². The number of nitrogens with zero attached hydrogens (tertiary/aromatic N) is 5. The molecule has 0 spiro atoms. The number of aromatic amines is 1. The molecule has 4 rings (SSSR count). The molecule has 21 heavy (non-hydrogen) atoms. The van der Waals surface area contributed by atoms with Gasteiger partial charge in [0.1, 0.15) is 5.82 Å². The van der Waals surface area contributed by atoms with E-state index in [2.05, 4.69) is 31.2 Å². The fourth-order valence-corrected chi connectivity index (χ4v) is 3.27. The average molecular weight is 296 g/mol. The molecule has 4 aromatic heterocycles. The molecule has 0 aliphatic carbocycles. The molecule has 1 N–H and O–H groups in total. The van der Waals surface area contributed by atoms with Gasteiger partial charge in [-0.3, -0.25) is 5.10 Å². The largest absolute Gasteiger partial charge is 0.330 e. The number of rotatable bonds is 3. The van der Waals surface area contributed by atoms with E-state index in [1.165, 1.54) is 0 Å². The first-order valence-corrected chi connectivity index (χ1v) is 7.33. The van der Waals surface area contributed by atoms with Gasteiger partial charge in [-0.2, -0.15) is 5.10 Å². The van der Waals surface area contributed by atoms with E-state index in [4.69, 9.17) is 0 Å². The van der Waals surface area contributed by atoms with Crippen LogP contribution in [-0.2, 0) is 6.54 Å².